The first kappa shape index (κ1) is 14.3. The third-order valence-corrected chi connectivity index (χ3v) is 8.32. The van der Waals surface area contributed by atoms with Crippen LogP contribution in [0, 0.1) is 0 Å². The van der Waals surface area contributed by atoms with Gasteiger partial charge in [0.1, 0.15) is 0 Å². The summed E-state index contributed by atoms with van der Waals surface area (Å²) in [5.74, 6) is 0. The second kappa shape index (κ2) is 5.28. The lowest BCUT2D eigenvalue weighted by molar-refractivity contribution is 0.157. The van der Waals surface area contributed by atoms with Crippen LogP contribution < -0.4 is 10.4 Å². The summed E-state index contributed by atoms with van der Waals surface area (Å²) in [6.45, 7) is 6.61. The monoisotopic (exact) mass is 294 g/mol. The molecule has 0 N–H and O–H groups in total. The Bertz CT molecular complexity index is 604. The van der Waals surface area contributed by atoms with Crippen molar-refractivity contribution >= 4 is 18.7 Å². The van der Waals surface area contributed by atoms with Crippen LogP contribution in [0.2, 0.25) is 0 Å². The minimum absolute atomic E-state index is 0.174. The maximum Gasteiger partial charge on any atom is 0.281 e. The molecule has 0 atom stereocenters. The molecule has 2 heteroatoms. The highest BCUT2D eigenvalue weighted by Crippen LogP contribution is 2.35. The molecule has 2 aromatic carbocycles. The molecule has 108 valence electrons. The number of hydrogen-bond acceptors (Lipinski definition) is 1. The summed E-state index contributed by atoms with van der Waals surface area (Å²) in [5.41, 5.74) is 3.70. The Morgan fingerprint density at radius 3 is 1.71 bits per heavy atom. The second-order valence-corrected chi connectivity index (χ2v) is 9.22. The third-order valence-electron chi connectivity index (χ3n) is 4.35. The van der Waals surface area contributed by atoms with E-state index in [1.807, 2.05) is 0 Å². The van der Waals surface area contributed by atoms with Gasteiger partial charge in [-0.1, -0.05) is 73.3 Å². The SMILES string of the molecule is CCC1=C[Si](c2ccccc2)(c2ccccc2)OC1(C)C. The zero-order valence-corrected chi connectivity index (χ0v) is 14.0. The van der Waals surface area contributed by atoms with Gasteiger partial charge in [0, 0.05) is 0 Å². The predicted molar refractivity (Wildman–Crippen MR) is 91.4 cm³/mol. The molecule has 3 rings (SSSR count). The van der Waals surface area contributed by atoms with Gasteiger partial charge < -0.3 is 4.43 Å². The summed E-state index contributed by atoms with van der Waals surface area (Å²) >= 11 is 0. The Morgan fingerprint density at radius 2 is 1.33 bits per heavy atom. The lowest BCUT2D eigenvalue weighted by Gasteiger charge is -2.31. The minimum atomic E-state index is -2.27. The van der Waals surface area contributed by atoms with E-state index in [0.29, 0.717) is 0 Å². The van der Waals surface area contributed by atoms with Crippen molar-refractivity contribution in [3.05, 3.63) is 71.9 Å². The number of hydrogen-bond donors (Lipinski definition) is 0. The quantitative estimate of drug-likeness (QED) is 0.788. The molecule has 0 saturated carbocycles. The van der Waals surface area contributed by atoms with Crippen molar-refractivity contribution in [2.45, 2.75) is 32.8 Å². The van der Waals surface area contributed by atoms with E-state index in [0.717, 1.165) is 6.42 Å². The van der Waals surface area contributed by atoms with Crippen LogP contribution >= 0.6 is 0 Å². The highest BCUT2D eigenvalue weighted by atomic mass is 28.4. The summed E-state index contributed by atoms with van der Waals surface area (Å²) in [4.78, 5) is 0. The molecule has 0 unspecified atom stereocenters. The Hall–Kier alpha value is -1.64. The van der Waals surface area contributed by atoms with E-state index in [2.05, 4.69) is 87.1 Å². The second-order valence-electron chi connectivity index (χ2n) is 6.10. The predicted octanol–water partition coefficient (Wildman–Crippen LogP) is 3.43. The molecule has 21 heavy (non-hydrogen) atoms. The standard InChI is InChI=1S/C19H22OSi/c1-4-16-15-21(20-19(16,2)3,17-11-7-5-8-12-17)18-13-9-6-10-14-18/h5-15H,4H2,1-3H3. The van der Waals surface area contributed by atoms with Crippen molar-refractivity contribution in [1.29, 1.82) is 0 Å². The van der Waals surface area contributed by atoms with Gasteiger partial charge in [0.05, 0.1) is 5.60 Å². The molecule has 1 nitrogen and oxygen atoms in total. The first-order valence-corrected chi connectivity index (χ1v) is 9.60. The molecule has 2 aromatic rings. The summed E-state index contributed by atoms with van der Waals surface area (Å²) in [5, 5.41) is 2.65. The van der Waals surface area contributed by atoms with Crippen LogP contribution in [0.3, 0.4) is 0 Å². The van der Waals surface area contributed by atoms with Gasteiger partial charge in [0.15, 0.2) is 0 Å². The van der Waals surface area contributed by atoms with Gasteiger partial charge in [-0.25, -0.2) is 0 Å². The smallest absolute Gasteiger partial charge is 0.281 e. The van der Waals surface area contributed by atoms with E-state index in [9.17, 15) is 0 Å². The zero-order valence-electron chi connectivity index (χ0n) is 13.0. The Morgan fingerprint density at radius 1 is 0.857 bits per heavy atom. The molecule has 0 amide bonds. The molecule has 1 heterocycles. The van der Waals surface area contributed by atoms with Gasteiger partial charge in [-0.3, -0.25) is 0 Å². The Balaban J connectivity index is 2.22. The molecule has 1 aliphatic rings. The van der Waals surface area contributed by atoms with E-state index in [1.54, 1.807) is 0 Å². The van der Waals surface area contributed by atoms with Crippen molar-refractivity contribution in [3.63, 3.8) is 0 Å². The van der Waals surface area contributed by atoms with E-state index in [4.69, 9.17) is 4.43 Å². The zero-order chi connectivity index (χ0) is 14.9. The van der Waals surface area contributed by atoms with Crippen molar-refractivity contribution in [1.82, 2.24) is 0 Å². The van der Waals surface area contributed by atoms with Crippen LogP contribution in [0.25, 0.3) is 0 Å². The van der Waals surface area contributed by atoms with Crippen molar-refractivity contribution in [2.75, 3.05) is 0 Å². The van der Waals surface area contributed by atoms with Crippen LogP contribution in [0.1, 0.15) is 27.2 Å². The molecular formula is C19H22OSi. The van der Waals surface area contributed by atoms with Gasteiger partial charge in [0.25, 0.3) is 8.32 Å². The maximum atomic E-state index is 6.76. The lowest BCUT2D eigenvalue weighted by Crippen LogP contribution is -2.59. The van der Waals surface area contributed by atoms with Crippen LogP contribution in [0.4, 0.5) is 0 Å². The molecule has 0 radical (unpaired) electrons. The summed E-state index contributed by atoms with van der Waals surface area (Å²) in [6.07, 6.45) is 1.04. The van der Waals surface area contributed by atoms with E-state index >= 15 is 0 Å². The fourth-order valence-electron chi connectivity index (χ4n) is 3.27. The highest BCUT2D eigenvalue weighted by Gasteiger charge is 2.48. The van der Waals surface area contributed by atoms with Gasteiger partial charge in [-0.2, -0.15) is 0 Å². The Labute approximate surface area is 128 Å². The summed E-state index contributed by atoms with van der Waals surface area (Å²) in [7, 11) is -2.27. The highest BCUT2D eigenvalue weighted by molar-refractivity contribution is 7.01. The Kier molecular flexibility index (Phi) is 3.60. The van der Waals surface area contributed by atoms with Crippen molar-refractivity contribution in [2.24, 2.45) is 0 Å². The molecule has 0 aliphatic carbocycles. The first-order valence-electron chi connectivity index (χ1n) is 7.62. The van der Waals surface area contributed by atoms with Crippen molar-refractivity contribution in [3.8, 4) is 0 Å². The van der Waals surface area contributed by atoms with Gasteiger partial charge in [-0.15, -0.1) is 0 Å². The topological polar surface area (TPSA) is 9.23 Å². The molecule has 0 aromatic heterocycles. The normalized spacial score (nSPS) is 19.3. The minimum Gasteiger partial charge on any atom is -0.396 e. The van der Waals surface area contributed by atoms with E-state index in [1.165, 1.54) is 15.9 Å². The molecular weight excluding hydrogens is 272 g/mol. The average Bonchev–Trinajstić information content (AvgIpc) is 2.81. The third kappa shape index (κ3) is 2.39. The first-order chi connectivity index (χ1) is 10.1. The van der Waals surface area contributed by atoms with E-state index < -0.39 is 8.32 Å². The molecule has 0 spiro atoms. The fourth-order valence-corrected chi connectivity index (χ4v) is 7.58. The maximum absolute atomic E-state index is 6.76. The lowest BCUT2D eigenvalue weighted by atomic mass is 9.98. The van der Waals surface area contributed by atoms with Gasteiger partial charge in [-0.05, 0) is 36.2 Å². The number of rotatable bonds is 3. The molecule has 0 bridgehead atoms. The largest absolute Gasteiger partial charge is 0.396 e. The van der Waals surface area contributed by atoms with Crippen LogP contribution in [-0.4, -0.2) is 13.9 Å². The van der Waals surface area contributed by atoms with E-state index in [-0.39, 0.29) is 5.60 Å². The van der Waals surface area contributed by atoms with Gasteiger partial charge in [0.2, 0.25) is 0 Å². The van der Waals surface area contributed by atoms with Gasteiger partial charge >= 0.3 is 0 Å². The van der Waals surface area contributed by atoms with Crippen LogP contribution in [-0.2, 0) is 4.43 Å². The van der Waals surface area contributed by atoms with Crippen LogP contribution in [0.15, 0.2) is 71.9 Å². The average molecular weight is 294 g/mol. The molecule has 0 saturated heterocycles. The summed E-state index contributed by atoms with van der Waals surface area (Å²) in [6, 6.07) is 21.4. The number of benzene rings is 2. The fraction of sp³-hybridized carbons (Fsp3) is 0.263. The molecule has 1 aliphatic heterocycles. The van der Waals surface area contributed by atoms with Crippen LogP contribution in [0.5, 0.6) is 0 Å². The molecule has 0 fully saturated rings. The van der Waals surface area contributed by atoms with Crippen molar-refractivity contribution < 1.29 is 4.43 Å². The summed E-state index contributed by atoms with van der Waals surface area (Å²) < 4.78 is 6.76.